The van der Waals surface area contributed by atoms with Crippen molar-refractivity contribution >= 4 is 27.8 Å². The zero-order chi connectivity index (χ0) is 17.9. The van der Waals surface area contributed by atoms with E-state index in [1.807, 2.05) is 18.5 Å². The molecule has 0 bridgehead atoms. The van der Waals surface area contributed by atoms with Gasteiger partial charge in [0.1, 0.15) is 6.04 Å². The number of hydrogen-bond acceptors (Lipinski definition) is 4. The van der Waals surface area contributed by atoms with Gasteiger partial charge in [0.05, 0.1) is 21.9 Å². The van der Waals surface area contributed by atoms with E-state index in [0.29, 0.717) is 13.1 Å². The number of carbonyl (C=O) groups is 2. The lowest BCUT2D eigenvalue weighted by atomic mass is 10.3. The van der Waals surface area contributed by atoms with Crippen LogP contribution < -0.4 is 5.32 Å². The summed E-state index contributed by atoms with van der Waals surface area (Å²) in [5.41, 5.74) is 2.06. The number of amides is 1. The van der Waals surface area contributed by atoms with Crippen LogP contribution in [0.3, 0.4) is 0 Å². The Morgan fingerprint density at radius 3 is 2.67 bits per heavy atom. The molecular formula is C15H20BrN5O3. The van der Waals surface area contributed by atoms with Crippen LogP contribution in [0.1, 0.15) is 41.1 Å². The van der Waals surface area contributed by atoms with E-state index in [0.717, 1.165) is 22.3 Å². The van der Waals surface area contributed by atoms with Crippen LogP contribution in [0.4, 0.5) is 0 Å². The summed E-state index contributed by atoms with van der Waals surface area (Å²) in [7, 11) is 0. The average Bonchev–Trinajstić information content (AvgIpc) is 3.12. The van der Waals surface area contributed by atoms with Crippen molar-refractivity contribution in [3.05, 3.63) is 33.8 Å². The number of aryl methyl sites for hydroxylation is 2. The van der Waals surface area contributed by atoms with E-state index < -0.39 is 12.0 Å². The first-order chi connectivity index (χ1) is 11.3. The first-order valence-corrected chi connectivity index (χ1v) is 8.35. The molecule has 8 nitrogen and oxygen atoms in total. The SMILES string of the molecule is Cc1nn(CCCNC(=O)C(C)n2cc(C(=O)O)cn2)c(C)c1Br. The minimum atomic E-state index is -1.06. The van der Waals surface area contributed by atoms with Crippen molar-refractivity contribution in [2.45, 2.75) is 39.8 Å². The van der Waals surface area contributed by atoms with Gasteiger partial charge in [0.15, 0.2) is 0 Å². The fraction of sp³-hybridized carbons (Fsp3) is 0.467. The predicted octanol–water partition coefficient (Wildman–Crippen LogP) is 1.92. The fourth-order valence-electron chi connectivity index (χ4n) is 2.26. The highest BCUT2D eigenvalue weighted by molar-refractivity contribution is 9.10. The molecule has 1 unspecified atom stereocenters. The minimum absolute atomic E-state index is 0.0600. The summed E-state index contributed by atoms with van der Waals surface area (Å²) in [5, 5.41) is 20.0. The molecule has 0 spiro atoms. The molecule has 0 radical (unpaired) electrons. The number of carboxylic acids is 1. The Kier molecular flexibility index (Phi) is 5.76. The Morgan fingerprint density at radius 2 is 2.12 bits per heavy atom. The molecular weight excluding hydrogens is 378 g/mol. The Morgan fingerprint density at radius 1 is 1.42 bits per heavy atom. The van der Waals surface area contributed by atoms with Crippen molar-refractivity contribution in [3.63, 3.8) is 0 Å². The average molecular weight is 398 g/mol. The van der Waals surface area contributed by atoms with Gasteiger partial charge in [-0.1, -0.05) is 0 Å². The largest absolute Gasteiger partial charge is 0.478 e. The summed E-state index contributed by atoms with van der Waals surface area (Å²) in [6.07, 6.45) is 3.32. The molecule has 0 aromatic carbocycles. The normalized spacial score (nSPS) is 12.2. The summed E-state index contributed by atoms with van der Waals surface area (Å²) in [6, 6.07) is -0.569. The number of hydrogen-bond donors (Lipinski definition) is 2. The Labute approximate surface area is 148 Å². The number of carboxylic acid groups (broad SMARTS) is 1. The third-order valence-electron chi connectivity index (χ3n) is 3.76. The van der Waals surface area contributed by atoms with Gasteiger partial charge in [0, 0.05) is 25.0 Å². The standard InChI is InChI=1S/C15H20BrN5O3/c1-9-13(16)10(2)20(19-9)6-4-5-17-14(22)11(3)21-8-12(7-18-21)15(23)24/h7-8,11H,4-6H2,1-3H3,(H,17,22)(H,23,24). The van der Waals surface area contributed by atoms with Crippen LogP contribution in [0.25, 0.3) is 0 Å². The number of rotatable bonds is 7. The summed E-state index contributed by atoms with van der Waals surface area (Å²) < 4.78 is 4.26. The maximum absolute atomic E-state index is 12.1. The summed E-state index contributed by atoms with van der Waals surface area (Å²) >= 11 is 3.48. The van der Waals surface area contributed by atoms with Crippen LogP contribution in [-0.2, 0) is 11.3 Å². The maximum atomic E-state index is 12.1. The molecule has 2 aromatic rings. The maximum Gasteiger partial charge on any atom is 0.338 e. The molecule has 130 valence electrons. The molecule has 24 heavy (non-hydrogen) atoms. The van der Waals surface area contributed by atoms with E-state index in [9.17, 15) is 9.59 Å². The summed E-state index contributed by atoms with van der Waals surface area (Å²) in [4.78, 5) is 22.9. The molecule has 0 fully saturated rings. The van der Waals surface area contributed by atoms with Gasteiger partial charge in [-0.15, -0.1) is 0 Å². The predicted molar refractivity (Wildman–Crippen MR) is 90.9 cm³/mol. The topological polar surface area (TPSA) is 102 Å². The fourth-order valence-corrected chi connectivity index (χ4v) is 2.55. The third kappa shape index (κ3) is 4.02. The van der Waals surface area contributed by atoms with Crippen molar-refractivity contribution in [3.8, 4) is 0 Å². The summed E-state index contributed by atoms with van der Waals surface area (Å²) in [6.45, 7) is 6.81. The van der Waals surface area contributed by atoms with Crippen LogP contribution in [0, 0.1) is 13.8 Å². The summed E-state index contributed by atoms with van der Waals surface area (Å²) in [5.74, 6) is -1.27. The molecule has 0 saturated carbocycles. The van der Waals surface area contributed by atoms with Gasteiger partial charge in [-0.05, 0) is 43.1 Å². The van der Waals surface area contributed by atoms with E-state index in [4.69, 9.17) is 5.11 Å². The lowest BCUT2D eigenvalue weighted by Crippen LogP contribution is -2.32. The molecule has 1 atom stereocenters. The lowest BCUT2D eigenvalue weighted by molar-refractivity contribution is -0.124. The zero-order valence-electron chi connectivity index (χ0n) is 13.8. The molecule has 0 aliphatic rings. The van der Waals surface area contributed by atoms with Crippen molar-refractivity contribution in [2.75, 3.05) is 6.54 Å². The van der Waals surface area contributed by atoms with Crippen LogP contribution in [0.5, 0.6) is 0 Å². The van der Waals surface area contributed by atoms with Crippen LogP contribution in [0.2, 0.25) is 0 Å². The first kappa shape index (κ1) is 18.2. The van der Waals surface area contributed by atoms with Crippen molar-refractivity contribution in [1.82, 2.24) is 24.9 Å². The second-order valence-electron chi connectivity index (χ2n) is 5.54. The Hall–Kier alpha value is -2.16. The molecule has 0 saturated heterocycles. The lowest BCUT2D eigenvalue weighted by Gasteiger charge is -2.12. The Bertz CT molecular complexity index is 752. The monoisotopic (exact) mass is 397 g/mol. The van der Waals surface area contributed by atoms with Gasteiger partial charge in [0.25, 0.3) is 0 Å². The highest BCUT2D eigenvalue weighted by Crippen LogP contribution is 2.19. The van der Waals surface area contributed by atoms with Gasteiger partial charge in [0.2, 0.25) is 5.91 Å². The number of carbonyl (C=O) groups excluding carboxylic acids is 1. The second kappa shape index (κ2) is 7.61. The van der Waals surface area contributed by atoms with Gasteiger partial charge in [-0.3, -0.25) is 14.2 Å². The Balaban J connectivity index is 1.82. The van der Waals surface area contributed by atoms with Crippen LogP contribution in [0.15, 0.2) is 16.9 Å². The van der Waals surface area contributed by atoms with E-state index in [2.05, 4.69) is 31.4 Å². The van der Waals surface area contributed by atoms with Crippen molar-refractivity contribution in [2.24, 2.45) is 0 Å². The molecule has 2 rings (SSSR count). The van der Waals surface area contributed by atoms with E-state index in [1.54, 1.807) is 6.92 Å². The third-order valence-corrected chi connectivity index (χ3v) is 4.91. The highest BCUT2D eigenvalue weighted by Gasteiger charge is 2.17. The van der Waals surface area contributed by atoms with Crippen LogP contribution in [-0.4, -0.2) is 43.1 Å². The molecule has 2 N–H and O–H groups in total. The number of aromatic nitrogens is 4. The van der Waals surface area contributed by atoms with Gasteiger partial charge >= 0.3 is 5.97 Å². The minimum Gasteiger partial charge on any atom is -0.478 e. The first-order valence-electron chi connectivity index (χ1n) is 7.56. The van der Waals surface area contributed by atoms with E-state index >= 15 is 0 Å². The number of nitrogens with one attached hydrogen (secondary N) is 1. The van der Waals surface area contributed by atoms with Crippen molar-refractivity contribution < 1.29 is 14.7 Å². The number of halogens is 1. The highest BCUT2D eigenvalue weighted by atomic mass is 79.9. The molecule has 0 aliphatic heterocycles. The quantitative estimate of drug-likeness (QED) is 0.694. The van der Waals surface area contributed by atoms with E-state index in [1.165, 1.54) is 17.1 Å². The van der Waals surface area contributed by atoms with Gasteiger partial charge in [-0.25, -0.2) is 4.79 Å². The number of aromatic carboxylic acids is 1. The molecule has 2 heterocycles. The van der Waals surface area contributed by atoms with Crippen molar-refractivity contribution in [1.29, 1.82) is 0 Å². The second-order valence-corrected chi connectivity index (χ2v) is 6.34. The zero-order valence-corrected chi connectivity index (χ0v) is 15.4. The number of nitrogens with zero attached hydrogens (tertiary/aromatic N) is 4. The van der Waals surface area contributed by atoms with Gasteiger partial charge in [-0.2, -0.15) is 10.2 Å². The molecule has 1 amide bonds. The molecule has 9 heteroatoms. The van der Waals surface area contributed by atoms with Crippen LogP contribution >= 0.6 is 15.9 Å². The smallest absolute Gasteiger partial charge is 0.338 e. The van der Waals surface area contributed by atoms with Gasteiger partial charge < -0.3 is 10.4 Å². The molecule has 2 aromatic heterocycles. The molecule has 0 aliphatic carbocycles. The van der Waals surface area contributed by atoms with E-state index in [-0.39, 0.29) is 11.5 Å².